The Labute approximate surface area is 164 Å². The molecule has 0 bridgehead atoms. The molecule has 1 aliphatic heterocycles. The zero-order chi connectivity index (χ0) is 19.3. The summed E-state index contributed by atoms with van der Waals surface area (Å²) < 4.78 is 1.76. The molecule has 1 aromatic heterocycles. The highest BCUT2D eigenvalue weighted by atomic mass is 16.4. The van der Waals surface area contributed by atoms with Crippen LogP contribution in [0.2, 0.25) is 0 Å². The monoisotopic (exact) mass is 376 g/mol. The summed E-state index contributed by atoms with van der Waals surface area (Å²) in [6.45, 7) is 1.68. The van der Waals surface area contributed by atoms with Crippen molar-refractivity contribution in [3.8, 4) is 5.69 Å². The summed E-state index contributed by atoms with van der Waals surface area (Å²) in [4.78, 5) is 11.8. The minimum absolute atomic E-state index is 0.185. The fraction of sp³-hybridized carbons (Fsp3) is 0.318. The SMILES string of the molecule is O=C(O)[C@@H](Cc1cccc(-n2cc(Cc3ccccc3)nn2)c1)[C@H]1CCNC1. The van der Waals surface area contributed by atoms with E-state index in [1.54, 1.807) is 4.68 Å². The molecule has 2 heterocycles. The minimum atomic E-state index is -0.718. The number of carbonyl (C=O) groups is 1. The van der Waals surface area contributed by atoms with Crippen LogP contribution in [0.25, 0.3) is 5.69 Å². The highest BCUT2D eigenvalue weighted by Gasteiger charge is 2.30. The van der Waals surface area contributed by atoms with Crippen LogP contribution >= 0.6 is 0 Å². The molecule has 1 fully saturated rings. The lowest BCUT2D eigenvalue weighted by Gasteiger charge is -2.19. The molecule has 28 heavy (non-hydrogen) atoms. The van der Waals surface area contributed by atoms with Crippen LogP contribution in [0.3, 0.4) is 0 Å². The molecule has 2 atom stereocenters. The molecule has 6 heteroatoms. The Morgan fingerprint density at radius 2 is 2.00 bits per heavy atom. The van der Waals surface area contributed by atoms with Gasteiger partial charge in [0.1, 0.15) is 0 Å². The van der Waals surface area contributed by atoms with Gasteiger partial charge in [-0.2, -0.15) is 0 Å². The number of rotatable bonds is 7. The first-order valence-corrected chi connectivity index (χ1v) is 9.67. The number of carboxylic acids is 1. The first-order chi connectivity index (χ1) is 13.7. The Balaban J connectivity index is 1.50. The van der Waals surface area contributed by atoms with Crippen molar-refractivity contribution >= 4 is 5.97 Å². The molecule has 144 valence electrons. The van der Waals surface area contributed by atoms with Crippen LogP contribution in [0, 0.1) is 11.8 Å². The summed E-state index contributed by atoms with van der Waals surface area (Å²) in [6.07, 6.45) is 4.11. The van der Waals surface area contributed by atoms with Gasteiger partial charge in [-0.3, -0.25) is 4.79 Å². The Kier molecular flexibility index (Phi) is 5.48. The molecule has 0 unspecified atom stereocenters. The maximum Gasteiger partial charge on any atom is 0.307 e. The van der Waals surface area contributed by atoms with Gasteiger partial charge in [-0.1, -0.05) is 47.7 Å². The molecular formula is C22H24N4O2. The molecule has 4 rings (SSSR count). The second-order valence-electron chi connectivity index (χ2n) is 7.39. The standard InChI is InChI=1S/C22H24N4O2/c27-22(28)21(18-9-10-23-14-18)13-17-7-4-8-20(12-17)26-15-19(24-25-26)11-16-5-2-1-3-6-16/h1-8,12,15,18,21,23H,9-11,13-14H2,(H,27,28)/t18-,21-/m0/s1. The zero-order valence-corrected chi connectivity index (χ0v) is 15.7. The van der Waals surface area contributed by atoms with Gasteiger partial charge in [-0.25, -0.2) is 4.68 Å². The lowest BCUT2D eigenvalue weighted by Crippen LogP contribution is -2.27. The number of hydrogen-bond acceptors (Lipinski definition) is 4. The predicted molar refractivity (Wildman–Crippen MR) is 106 cm³/mol. The summed E-state index contributed by atoms with van der Waals surface area (Å²) in [5, 5.41) is 21.5. The molecule has 3 aromatic rings. The third-order valence-electron chi connectivity index (χ3n) is 5.38. The van der Waals surface area contributed by atoms with Gasteiger partial charge >= 0.3 is 5.97 Å². The van der Waals surface area contributed by atoms with Gasteiger partial charge < -0.3 is 10.4 Å². The smallest absolute Gasteiger partial charge is 0.307 e. The van der Waals surface area contributed by atoms with Crippen LogP contribution in [-0.2, 0) is 17.6 Å². The number of hydrogen-bond donors (Lipinski definition) is 2. The molecule has 0 amide bonds. The van der Waals surface area contributed by atoms with Crippen molar-refractivity contribution in [1.82, 2.24) is 20.3 Å². The Bertz CT molecular complexity index is 932. The summed E-state index contributed by atoms with van der Waals surface area (Å²) >= 11 is 0. The summed E-state index contributed by atoms with van der Waals surface area (Å²) in [7, 11) is 0. The topological polar surface area (TPSA) is 80.0 Å². The quantitative estimate of drug-likeness (QED) is 0.663. The van der Waals surface area contributed by atoms with Crippen LogP contribution in [0.1, 0.15) is 23.2 Å². The molecule has 2 aromatic carbocycles. The van der Waals surface area contributed by atoms with Crippen molar-refractivity contribution in [2.75, 3.05) is 13.1 Å². The molecule has 0 radical (unpaired) electrons. The van der Waals surface area contributed by atoms with Crippen LogP contribution in [0.15, 0.2) is 60.8 Å². The second-order valence-corrected chi connectivity index (χ2v) is 7.39. The van der Waals surface area contributed by atoms with Gasteiger partial charge in [0.05, 0.1) is 23.5 Å². The number of aliphatic carboxylic acids is 1. The van der Waals surface area contributed by atoms with E-state index in [1.165, 1.54) is 5.56 Å². The third kappa shape index (κ3) is 4.28. The van der Waals surface area contributed by atoms with E-state index in [9.17, 15) is 9.90 Å². The van der Waals surface area contributed by atoms with E-state index < -0.39 is 5.97 Å². The largest absolute Gasteiger partial charge is 0.481 e. The van der Waals surface area contributed by atoms with E-state index in [-0.39, 0.29) is 11.8 Å². The van der Waals surface area contributed by atoms with Crippen molar-refractivity contribution in [3.63, 3.8) is 0 Å². The van der Waals surface area contributed by atoms with E-state index in [0.29, 0.717) is 6.42 Å². The average Bonchev–Trinajstić information content (AvgIpc) is 3.39. The Morgan fingerprint density at radius 3 is 2.75 bits per heavy atom. The molecule has 0 spiro atoms. The highest BCUT2D eigenvalue weighted by molar-refractivity contribution is 5.71. The van der Waals surface area contributed by atoms with Crippen molar-refractivity contribution in [2.24, 2.45) is 11.8 Å². The lowest BCUT2D eigenvalue weighted by molar-refractivity contribution is -0.143. The fourth-order valence-corrected chi connectivity index (χ4v) is 3.87. The highest BCUT2D eigenvalue weighted by Crippen LogP contribution is 2.24. The fourth-order valence-electron chi connectivity index (χ4n) is 3.87. The van der Waals surface area contributed by atoms with Crippen molar-refractivity contribution in [1.29, 1.82) is 0 Å². The maximum absolute atomic E-state index is 11.8. The molecule has 6 nitrogen and oxygen atoms in total. The molecule has 0 saturated carbocycles. The predicted octanol–water partition coefficient (Wildman–Crippen LogP) is 2.71. The van der Waals surface area contributed by atoms with E-state index in [2.05, 4.69) is 27.8 Å². The van der Waals surface area contributed by atoms with E-state index in [0.717, 1.165) is 42.9 Å². The van der Waals surface area contributed by atoms with Gasteiger partial charge in [-0.05, 0) is 55.1 Å². The first kappa shape index (κ1) is 18.4. The molecule has 0 aliphatic carbocycles. The summed E-state index contributed by atoms with van der Waals surface area (Å²) in [5.41, 5.74) is 4.00. The Hall–Kier alpha value is -2.99. The van der Waals surface area contributed by atoms with Crippen molar-refractivity contribution in [3.05, 3.63) is 77.6 Å². The maximum atomic E-state index is 11.8. The van der Waals surface area contributed by atoms with Gasteiger partial charge in [0.2, 0.25) is 0 Å². The van der Waals surface area contributed by atoms with Gasteiger partial charge in [0, 0.05) is 6.42 Å². The zero-order valence-electron chi connectivity index (χ0n) is 15.7. The van der Waals surface area contributed by atoms with Crippen LogP contribution < -0.4 is 5.32 Å². The normalized spacial score (nSPS) is 17.5. The number of benzene rings is 2. The number of nitrogens with one attached hydrogen (secondary N) is 1. The molecule has 1 saturated heterocycles. The van der Waals surface area contributed by atoms with Crippen LogP contribution in [0.4, 0.5) is 0 Å². The van der Waals surface area contributed by atoms with E-state index in [4.69, 9.17) is 0 Å². The first-order valence-electron chi connectivity index (χ1n) is 9.67. The van der Waals surface area contributed by atoms with Crippen LogP contribution in [-0.4, -0.2) is 39.2 Å². The van der Waals surface area contributed by atoms with E-state index in [1.807, 2.05) is 48.7 Å². The van der Waals surface area contributed by atoms with Gasteiger partial charge in [0.15, 0.2) is 0 Å². The van der Waals surface area contributed by atoms with Crippen molar-refractivity contribution < 1.29 is 9.90 Å². The van der Waals surface area contributed by atoms with Crippen LogP contribution in [0.5, 0.6) is 0 Å². The summed E-state index contributed by atoms with van der Waals surface area (Å²) in [5.74, 6) is -0.898. The number of aromatic nitrogens is 3. The van der Waals surface area contributed by atoms with Gasteiger partial charge in [-0.15, -0.1) is 5.10 Å². The Morgan fingerprint density at radius 1 is 1.18 bits per heavy atom. The lowest BCUT2D eigenvalue weighted by atomic mass is 9.86. The second kappa shape index (κ2) is 8.35. The summed E-state index contributed by atoms with van der Waals surface area (Å²) in [6, 6.07) is 18.1. The van der Waals surface area contributed by atoms with Crippen molar-refractivity contribution in [2.45, 2.75) is 19.3 Å². The molecule has 1 aliphatic rings. The average molecular weight is 376 g/mol. The molecular weight excluding hydrogens is 352 g/mol. The minimum Gasteiger partial charge on any atom is -0.481 e. The number of nitrogens with zero attached hydrogens (tertiary/aromatic N) is 3. The van der Waals surface area contributed by atoms with E-state index >= 15 is 0 Å². The number of carboxylic acid groups (broad SMARTS) is 1. The van der Waals surface area contributed by atoms with Gasteiger partial charge in [0.25, 0.3) is 0 Å². The third-order valence-corrected chi connectivity index (χ3v) is 5.38. The molecule has 2 N–H and O–H groups in total.